The standard InChI is InChI=1S/C13H22O4/c1-3-11(15-2)12(14)10-4-6-17-13(8-10)5-7-16-9-13/h10-11H,3-9H2,1-2H3. The first-order valence-corrected chi connectivity index (χ1v) is 6.49. The van der Waals surface area contributed by atoms with Crippen molar-refractivity contribution in [3.63, 3.8) is 0 Å². The largest absolute Gasteiger partial charge is 0.378 e. The summed E-state index contributed by atoms with van der Waals surface area (Å²) in [6.45, 7) is 4.04. The lowest BCUT2D eigenvalue weighted by molar-refractivity contribution is -0.146. The first-order chi connectivity index (χ1) is 8.21. The zero-order valence-electron chi connectivity index (χ0n) is 10.7. The maximum Gasteiger partial charge on any atom is 0.164 e. The average molecular weight is 242 g/mol. The van der Waals surface area contributed by atoms with Crippen LogP contribution in [0.15, 0.2) is 0 Å². The van der Waals surface area contributed by atoms with Gasteiger partial charge in [0.15, 0.2) is 5.78 Å². The van der Waals surface area contributed by atoms with Gasteiger partial charge in [-0.15, -0.1) is 0 Å². The molecule has 0 amide bonds. The Morgan fingerprint density at radius 3 is 2.94 bits per heavy atom. The Labute approximate surface area is 103 Å². The molecule has 2 fully saturated rings. The molecule has 4 nitrogen and oxygen atoms in total. The lowest BCUT2D eigenvalue weighted by Crippen LogP contribution is -2.44. The van der Waals surface area contributed by atoms with Crippen molar-refractivity contribution in [3.05, 3.63) is 0 Å². The van der Waals surface area contributed by atoms with Crippen LogP contribution in [0.2, 0.25) is 0 Å². The van der Waals surface area contributed by atoms with Gasteiger partial charge in [-0.05, 0) is 19.3 Å². The van der Waals surface area contributed by atoms with Crippen LogP contribution in [0.25, 0.3) is 0 Å². The Morgan fingerprint density at radius 2 is 2.35 bits per heavy atom. The minimum absolute atomic E-state index is 0.0790. The Hall–Kier alpha value is -0.450. The zero-order chi connectivity index (χ0) is 12.3. The van der Waals surface area contributed by atoms with Crippen LogP contribution >= 0.6 is 0 Å². The number of rotatable bonds is 4. The van der Waals surface area contributed by atoms with Crippen molar-refractivity contribution in [1.82, 2.24) is 0 Å². The molecule has 0 bridgehead atoms. The second-order valence-corrected chi connectivity index (χ2v) is 5.06. The number of ether oxygens (including phenoxy) is 3. The fraction of sp³-hybridized carbons (Fsp3) is 0.923. The quantitative estimate of drug-likeness (QED) is 0.750. The maximum absolute atomic E-state index is 12.3. The second-order valence-electron chi connectivity index (χ2n) is 5.06. The van der Waals surface area contributed by atoms with Crippen molar-refractivity contribution in [1.29, 1.82) is 0 Å². The Balaban J connectivity index is 1.99. The van der Waals surface area contributed by atoms with E-state index in [1.165, 1.54) is 0 Å². The van der Waals surface area contributed by atoms with Gasteiger partial charge in [-0.1, -0.05) is 6.92 Å². The monoisotopic (exact) mass is 242 g/mol. The van der Waals surface area contributed by atoms with Gasteiger partial charge in [0, 0.05) is 32.7 Å². The molecule has 2 saturated heterocycles. The summed E-state index contributed by atoms with van der Waals surface area (Å²) >= 11 is 0. The molecule has 98 valence electrons. The van der Waals surface area contributed by atoms with Crippen molar-refractivity contribution >= 4 is 5.78 Å². The van der Waals surface area contributed by atoms with Gasteiger partial charge in [-0.3, -0.25) is 4.79 Å². The summed E-state index contributed by atoms with van der Waals surface area (Å²) in [6, 6.07) is 0. The molecule has 0 saturated carbocycles. The summed E-state index contributed by atoms with van der Waals surface area (Å²) in [5.41, 5.74) is -0.190. The van der Waals surface area contributed by atoms with E-state index in [1.54, 1.807) is 7.11 Å². The predicted molar refractivity (Wildman–Crippen MR) is 62.9 cm³/mol. The molecule has 0 aromatic rings. The number of carbonyl (C=O) groups excluding carboxylic acids is 1. The third-order valence-electron chi connectivity index (χ3n) is 3.94. The zero-order valence-corrected chi connectivity index (χ0v) is 10.7. The lowest BCUT2D eigenvalue weighted by Gasteiger charge is -2.37. The summed E-state index contributed by atoms with van der Waals surface area (Å²) in [5, 5.41) is 0. The van der Waals surface area contributed by atoms with Gasteiger partial charge in [0.25, 0.3) is 0 Å². The normalized spacial score (nSPS) is 35.1. The van der Waals surface area contributed by atoms with Gasteiger partial charge in [0.1, 0.15) is 6.10 Å². The summed E-state index contributed by atoms with van der Waals surface area (Å²) in [7, 11) is 1.61. The van der Waals surface area contributed by atoms with Crippen molar-refractivity contribution in [2.75, 3.05) is 26.9 Å². The van der Waals surface area contributed by atoms with E-state index in [0.717, 1.165) is 32.3 Å². The molecule has 0 aromatic carbocycles. The first-order valence-electron chi connectivity index (χ1n) is 6.49. The number of methoxy groups -OCH3 is 1. The molecule has 2 aliphatic heterocycles. The minimum atomic E-state index is -0.252. The van der Waals surface area contributed by atoms with E-state index in [0.29, 0.717) is 13.2 Å². The lowest BCUT2D eigenvalue weighted by atomic mass is 9.81. The first kappa shape index (κ1) is 13.0. The Bertz CT molecular complexity index is 267. The summed E-state index contributed by atoms with van der Waals surface area (Å²) in [4.78, 5) is 12.3. The number of hydrogen-bond donors (Lipinski definition) is 0. The van der Waals surface area contributed by atoms with E-state index in [1.807, 2.05) is 6.92 Å². The van der Waals surface area contributed by atoms with Gasteiger partial charge in [0.2, 0.25) is 0 Å². The smallest absolute Gasteiger partial charge is 0.164 e. The van der Waals surface area contributed by atoms with Crippen molar-refractivity contribution < 1.29 is 19.0 Å². The van der Waals surface area contributed by atoms with Crippen molar-refractivity contribution in [3.8, 4) is 0 Å². The SMILES string of the molecule is CCC(OC)C(=O)C1CCOC2(CCOC2)C1. The molecular weight excluding hydrogens is 220 g/mol. The van der Waals surface area contributed by atoms with Gasteiger partial charge in [-0.25, -0.2) is 0 Å². The highest BCUT2D eigenvalue weighted by molar-refractivity contribution is 5.85. The van der Waals surface area contributed by atoms with E-state index in [4.69, 9.17) is 14.2 Å². The molecule has 0 N–H and O–H groups in total. The van der Waals surface area contributed by atoms with E-state index >= 15 is 0 Å². The van der Waals surface area contributed by atoms with Gasteiger partial charge >= 0.3 is 0 Å². The van der Waals surface area contributed by atoms with Crippen LogP contribution < -0.4 is 0 Å². The molecule has 0 aromatic heterocycles. The molecule has 17 heavy (non-hydrogen) atoms. The third-order valence-corrected chi connectivity index (χ3v) is 3.94. The molecule has 4 heteroatoms. The summed E-state index contributed by atoms with van der Waals surface area (Å²) in [6.07, 6.45) is 3.03. The van der Waals surface area contributed by atoms with Gasteiger partial charge < -0.3 is 14.2 Å². The number of ketones is 1. The van der Waals surface area contributed by atoms with Crippen LogP contribution in [0.3, 0.4) is 0 Å². The predicted octanol–water partition coefficient (Wildman–Crippen LogP) is 1.57. The molecule has 2 rings (SSSR count). The Kier molecular flexibility index (Phi) is 4.17. The molecule has 2 heterocycles. The summed E-state index contributed by atoms with van der Waals surface area (Å²) < 4.78 is 16.5. The van der Waals surface area contributed by atoms with Crippen LogP contribution in [0, 0.1) is 5.92 Å². The highest BCUT2D eigenvalue weighted by Crippen LogP contribution is 2.36. The molecule has 1 spiro atoms. The van der Waals surface area contributed by atoms with Crippen LogP contribution in [-0.4, -0.2) is 44.4 Å². The molecule has 2 aliphatic rings. The number of Topliss-reactive ketones (excluding diaryl/α,β-unsaturated/α-hetero) is 1. The topological polar surface area (TPSA) is 44.8 Å². The molecule has 3 unspecified atom stereocenters. The number of hydrogen-bond acceptors (Lipinski definition) is 4. The minimum Gasteiger partial charge on any atom is -0.378 e. The van der Waals surface area contributed by atoms with Crippen LogP contribution in [0.5, 0.6) is 0 Å². The van der Waals surface area contributed by atoms with Crippen molar-refractivity contribution in [2.24, 2.45) is 5.92 Å². The van der Waals surface area contributed by atoms with Gasteiger partial charge in [-0.2, -0.15) is 0 Å². The fourth-order valence-electron chi connectivity index (χ4n) is 2.88. The van der Waals surface area contributed by atoms with Crippen LogP contribution in [-0.2, 0) is 19.0 Å². The molecule has 0 radical (unpaired) electrons. The van der Waals surface area contributed by atoms with Crippen LogP contribution in [0.4, 0.5) is 0 Å². The van der Waals surface area contributed by atoms with E-state index in [-0.39, 0.29) is 23.4 Å². The van der Waals surface area contributed by atoms with Crippen molar-refractivity contribution in [2.45, 2.75) is 44.3 Å². The van der Waals surface area contributed by atoms with E-state index in [2.05, 4.69) is 0 Å². The van der Waals surface area contributed by atoms with Gasteiger partial charge in [0.05, 0.1) is 12.2 Å². The second kappa shape index (κ2) is 5.46. The fourth-order valence-corrected chi connectivity index (χ4v) is 2.88. The summed E-state index contributed by atoms with van der Waals surface area (Å²) in [5.74, 6) is 0.319. The van der Waals surface area contributed by atoms with E-state index < -0.39 is 0 Å². The highest BCUT2D eigenvalue weighted by atomic mass is 16.6. The maximum atomic E-state index is 12.3. The van der Waals surface area contributed by atoms with Crippen LogP contribution in [0.1, 0.15) is 32.6 Å². The molecular formula is C13H22O4. The molecule has 0 aliphatic carbocycles. The van der Waals surface area contributed by atoms with E-state index in [9.17, 15) is 4.79 Å². The third kappa shape index (κ3) is 2.69. The molecule has 3 atom stereocenters. The average Bonchev–Trinajstić information content (AvgIpc) is 2.78. The Morgan fingerprint density at radius 1 is 1.53 bits per heavy atom. The number of carbonyl (C=O) groups is 1. The highest BCUT2D eigenvalue weighted by Gasteiger charge is 2.43.